The minimum Gasteiger partial charge on any atom is -0.279 e. The molecule has 0 aliphatic rings. The summed E-state index contributed by atoms with van der Waals surface area (Å²) in [4.78, 5) is 3.94. The lowest BCUT2D eigenvalue weighted by atomic mass is 10.4. The van der Waals surface area contributed by atoms with E-state index in [0.717, 1.165) is 0 Å². The summed E-state index contributed by atoms with van der Waals surface area (Å²) in [5.74, 6) is 0. The Hall–Kier alpha value is -1.11. The van der Waals surface area contributed by atoms with E-state index < -0.39 is 10.0 Å². The third kappa shape index (κ3) is 3.01. The van der Waals surface area contributed by atoms with Gasteiger partial charge in [-0.1, -0.05) is 11.6 Å². The molecule has 0 unspecified atom stereocenters. The first-order valence-corrected chi connectivity index (χ1v) is 7.52. The number of nitrogens with zero attached hydrogens (tertiary/aromatic N) is 1. The minimum absolute atomic E-state index is 0.128. The van der Waals surface area contributed by atoms with Crippen molar-refractivity contribution in [3.05, 3.63) is 52.2 Å². The second-order valence-electron chi connectivity index (χ2n) is 3.42. The molecule has 0 aliphatic heterocycles. The van der Waals surface area contributed by atoms with Crippen LogP contribution in [0.3, 0.4) is 0 Å². The van der Waals surface area contributed by atoms with Crippen LogP contribution < -0.4 is 4.72 Å². The van der Waals surface area contributed by atoms with Gasteiger partial charge in [0.1, 0.15) is 4.90 Å². The summed E-state index contributed by atoms with van der Waals surface area (Å²) < 4.78 is 27.1. The van der Waals surface area contributed by atoms with Crippen molar-refractivity contribution in [2.75, 3.05) is 4.72 Å². The molecule has 1 N–H and O–H groups in total. The van der Waals surface area contributed by atoms with Gasteiger partial charge in [0.15, 0.2) is 0 Å². The topological polar surface area (TPSA) is 59.1 Å². The number of halogens is 2. The zero-order chi connectivity index (χ0) is 13.2. The smallest absolute Gasteiger partial charge is 0.263 e. The van der Waals surface area contributed by atoms with E-state index in [1.165, 1.54) is 30.6 Å². The van der Waals surface area contributed by atoms with Gasteiger partial charge in [-0.2, -0.15) is 0 Å². The molecule has 0 saturated heterocycles. The number of nitrogens with one attached hydrogen (secondary N) is 1. The van der Waals surface area contributed by atoms with Gasteiger partial charge < -0.3 is 0 Å². The van der Waals surface area contributed by atoms with Crippen LogP contribution in [0.1, 0.15) is 0 Å². The normalized spacial score (nSPS) is 11.2. The standard InChI is InChI=1S/C11H8BrClN2O2S/c12-10-7-8(13)1-2-11(10)18(16,17)15-9-3-5-14-6-4-9/h1-7H,(H,14,15). The highest BCUT2D eigenvalue weighted by molar-refractivity contribution is 9.10. The van der Waals surface area contributed by atoms with Crippen molar-refractivity contribution in [1.29, 1.82) is 0 Å². The van der Waals surface area contributed by atoms with Crippen LogP contribution >= 0.6 is 27.5 Å². The highest BCUT2D eigenvalue weighted by Gasteiger charge is 2.17. The lowest BCUT2D eigenvalue weighted by Gasteiger charge is -2.09. The summed E-state index contributed by atoms with van der Waals surface area (Å²) in [5.41, 5.74) is 0.451. The van der Waals surface area contributed by atoms with Gasteiger partial charge in [0, 0.05) is 21.9 Å². The zero-order valence-corrected chi connectivity index (χ0v) is 12.1. The van der Waals surface area contributed by atoms with Crippen molar-refractivity contribution in [3.63, 3.8) is 0 Å². The Morgan fingerprint density at radius 3 is 2.44 bits per heavy atom. The third-order valence-electron chi connectivity index (χ3n) is 2.12. The molecule has 2 rings (SSSR count). The first-order chi connectivity index (χ1) is 8.49. The van der Waals surface area contributed by atoms with E-state index in [4.69, 9.17) is 11.6 Å². The molecule has 1 heterocycles. The quantitative estimate of drug-likeness (QED) is 0.927. The molecule has 0 bridgehead atoms. The van der Waals surface area contributed by atoms with Crippen LogP contribution in [-0.2, 0) is 10.0 Å². The van der Waals surface area contributed by atoms with Crippen molar-refractivity contribution in [2.45, 2.75) is 4.90 Å². The molecule has 0 atom stereocenters. The number of rotatable bonds is 3. The Morgan fingerprint density at radius 2 is 1.83 bits per heavy atom. The lowest BCUT2D eigenvalue weighted by molar-refractivity contribution is 0.601. The number of benzene rings is 1. The average Bonchev–Trinajstić information content (AvgIpc) is 2.29. The van der Waals surface area contributed by atoms with E-state index in [2.05, 4.69) is 25.6 Å². The van der Waals surface area contributed by atoms with Crippen LogP contribution in [0.25, 0.3) is 0 Å². The molecule has 0 saturated carbocycles. The molecule has 18 heavy (non-hydrogen) atoms. The van der Waals surface area contributed by atoms with Crippen LogP contribution in [0.15, 0.2) is 52.1 Å². The molecule has 0 fully saturated rings. The van der Waals surface area contributed by atoms with Gasteiger partial charge in [0.2, 0.25) is 0 Å². The Morgan fingerprint density at radius 1 is 1.17 bits per heavy atom. The number of aromatic nitrogens is 1. The highest BCUT2D eigenvalue weighted by atomic mass is 79.9. The van der Waals surface area contributed by atoms with Crippen LogP contribution in [0, 0.1) is 0 Å². The number of pyridine rings is 1. The Labute approximate surface area is 118 Å². The van der Waals surface area contributed by atoms with Crippen molar-refractivity contribution in [3.8, 4) is 0 Å². The van der Waals surface area contributed by atoms with E-state index in [-0.39, 0.29) is 4.90 Å². The van der Waals surface area contributed by atoms with Gasteiger partial charge in [-0.25, -0.2) is 8.42 Å². The fourth-order valence-corrected chi connectivity index (χ4v) is 3.76. The predicted molar refractivity (Wildman–Crippen MR) is 74.2 cm³/mol. The van der Waals surface area contributed by atoms with Crippen molar-refractivity contribution >= 4 is 43.2 Å². The molecule has 0 aliphatic carbocycles. The molecule has 1 aromatic heterocycles. The molecule has 4 nitrogen and oxygen atoms in total. The maximum Gasteiger partial charge on any atom is 0.263 e. The monoisotopic (exact) mass is 346 g/mol. The van der Waals surface area contributed by atoms with Crippen molar-refractivity contribution in [2.24, 2.45) is 0 Å². The molecule has 0 amide bonds. The predicted octanol–water partition coefficient (Wildman–Crippen LogP) is 3.30. The second-order valence-corrected chi connectivity index (χ2v) is 6.36. The first kappa shape index (κ1) is 13.3. The SMILES string of the molecule is O=S(=O)(Nc1ccncc1)c1ccc(Cl)cc1Br. The van der Waals surface area contributed by atoms with E-state index >= 15 is 0 Å². The fourth-order valence-electron chi connectivity index (χ4n) is 1.32. The Bertz CT molecular complexity index is 662. The average molecular weight is 348 g/mol. The summed E-state index contributed by atoms with van der Waals surface area (Å²) in [5, 5.41) is 0.463. The molecular weight excluding hydrogens is 340 g/mol. The van der Waals surface area contributed by atoms with Gasteiger partial charge in [-0.15, -0.1) is 0 Å². The number of hydrogen-bond acceptors (Lipinski definition) is 3. The van der Waals surface area contributed by atoms with Gasteiger partial charge >= 0.3 is 0 Å². The maximum absolute atomic E-state index is 12.1. The Kier molecular flexibility index (Phi) is 3.89. The van der Waals surface area contributed by atoms with Gasteiger partial charge in [0.25, 0.3) is 10.0 Å². The van der Waals surface area contributed by atoms with Crippen LogP contribution in [0.2, 0.25) is 5.02 Å². The van der Waals surface area contributed by atoms with Crippen LogP contribution in [0.4, 0.5) is 5.69 Å². The third-order valence-corrected chi connectivity index (χ3v) is 4.71. The second kappa shape index (κ2) is 5.26. The van der Waals surface area contributed by atoms with E-state index in [1.54, 1.807) is 12.1 Å². The van der Waals surface area contributed by atoms with Gasteiger partial charge in [-0.3, -0.25) is 9.71 Å². The lowest BCUT2D eigenvalue weighted by Crippen LogP contribution is -2.13. The van der Waals surface area contributed by atoms with Gasteiger partial charge in [0.05, 0.1) is 5.69 Å². The molecule has 0 radical (unpaired) electrons. The van der Waals surface area contributed by atoms with E-state index in [0.29, 0.717) is 15.2 Å². The van der Waals surface area contributed by atoms with Gasteiger partial charge in [-0.05, 0) is 46.3 Å². The highest BCUT2D eigenvalue weighted by Crippen LogP contribution is 2.26. The molecule has 0 spiro atoms. The fraction of sp³-hybridized carbons (Fsp3) is 0. The number of sulfonamides is 1. The summed E-state index contributed by atoms with van der Waals surface area (Å²) in [6.07, 6.45) is 3.02. The molecule has 94 valence electrons. The van der Waals surface area contributed by atoms with E-state index in [9.17, 15) is 8.42 Å². The van der Waals surface area contributed by atoms with Crippen LogP contribution in [-0.4, -0.2) is 13.4 Å². The summed E-state index contributed by atoms with van der Waals surface area (Å²) in [6.45, 7) is 0. The molecule has 7 heteroatoms. The largest absolute Gasteiger partial charge is 0.279 e. The number of hydrogen-bond donors (Lipinski definition) is 1. The summed E-state index contributed by atoms with van der Waals surface area (Å²) >= 11 is 8.95. The van der Waals surface area contributed by atoms with E-state index in [1.807, 2.05) is 0 Å². The summed E-state index contributed by atoms with van der Waals surface area (Å²) in [6, 6.07) is 7.63. The molecule has 1 aromatic carbocycles. The summed E-state index contributed by atoms with van der Waals surface area (Å²) in [7, 11) is -3.64. The van der Waals surface area contributed by atoms with Crippen molar-refractivity contribution < 1.29 is 8.42 Å². The Balaban J connectivity index is 2.37. The number of anilines is 1. The van der Waals surface area contributed by atoms with Crippen molar-refractivity contribution in [1.82, 2.24) is 4.98 Å². The maximum atomic E-state index is 12.1. The minimum atomic E-state index is -3.64. The zero-order valence-electron chi connectivity index (χ0n) is 8.97. The molecule has 2 aromatic rings. The van der Waals surface area contributed by atoms with Crippen LogP contribution in [0.5, 0.6) is 0 Å². The first-order valence-electron chi connectivity index (χ1n) is 4.87. The molecular formula is C11H8BrClN2O2S.